The summed E-state index contributed by atoms with van der Waals surface area (Å²) in [5.74, 6) is -0.860. The SMILES string of the molecule is COc1cc(CN2CCc3cc(-c4c(C)nc(C)c(C(OC(C)(C)C)C(=O)O)c4N4CCC(C)(C)CC4)ccc3C2)cc(C(F)(F)F)c1. The molecule has 10 heteroatoms. The Morgan fingerprint density at radius 1 is 1.00 bits per heavy atom. The van der Waals surface area contributed by atoms with Gasteiger partial charge in [-0.1, -0.05) is 32.0 Å². The average Bonchev–Trinajstić information content (AvgIpc) is 2.98. The lowest BCUT2D eigenvalue weighted by molar-refractivity contribution is -0.160. The van der Waals surface area contributed by atoms with E-state index in [0.717, 1.165) is 66.5 Å². The Balaban J connectivity index is 1.53. The molecule has 0 aliphatic carbocycles. The van der Waals surface area contributed by atoms with Crippen molar-refractivity contribution in [3.8, 4) is 16.9 Å². The fourth-order valence-corrected chi connectivity index (χ4v) is 6.95. The molecule has 0 spiro atoms. The molecule has 3 aromatic rings. The third kappa shape index (κ3) is 7.97. The number of carboxylic acids is 1. The topological polar surface area (TPSA) is 75.1 Å². The van der Waals surface area contributed by atoms with Crippen molar-refractivity contribution < 1.29 is 32.5 Å². The number of piperidine rings is 1. The maximum atomic E-state index is 13.5. The summed E-state index contributed by atoms with van der Waals surface area (Å²) in [6.45, 7) is 17.2. The third-order valence-electron chi connectivity index (χ3n) is 9.49. The summed E-state index contributed by atoms with van der Waals surface area (Å²) in [5.41, 5.74) is 6.44. The van der Waals surface area contributed by atoms with Crippen LogP contribution in [0.5, 0.6) is 5.75 Å². The molecule has 7 nitrogen and oxygen atoms in total. The summed E-state index contributed by atoms with van der Waals surface area (Å²) in [4.78, 5) is 22.2. The second kappa shape index (κ2) is 13.3. The lowest BCUT2D eigenvalue weighted by Gasteiger charge is -2.41. The van der Waals surface area contributed by atoms with Crippen LogP contribution in [0.3, 0.4) is 0 Å². The van der Waals surface area contributed by atoms with E-state index >= 15 is 0 Å². The first-order chi connectivity index (χ1) is 22.3. The van der Waals surface area contributed by atoms with Gasteiger partial charge in [0.15, 0.2) is 6.10 Å². The van der Waals surface area contributed by atoms with Crippen molar-refractivity contribution in [2.45, 2.75) is 98.7 Å². The third-order valence-corrected chi connectivity index (χ3v) is 9.49. The van der Waals surface area contributed by atoms with Crippen molar-refractivity contribution in [3.05, 3.63) is 75.6 Å². The van der Waals surface area contributed by atoms with E-state index in [-0.39, 0.29) is 11.2 Å². The highest BCUT2D eigenvalue weighted by Crippen LogP contribution is 2.45. The Morgan fingerprint density at radius 3 is 2.29 bits per heavy atom. The van der Waals surface area contributed by atoms with Crippen LogP contribution in [0.15, 0.2) is 36.4 Å². The lowest BCUT2D eigenvalue weighted by atomic mass is 9.81. The van der Waals surface area contributed by atoms with Crippen LogP contribution in [0.25, 0.3) is 11.1 Å². The van der Waals surface area contributed by atoms with Crippen LogP contribution >= 0.6 is 0 Å². The summed E-state index contributed by atoms with van der Waals surface area (Å²) >= 11 is 0. The standard InChI is InChI=1S/C38H48F3N3O4/c1-23-31(33(44-15-12-37(6,7)13-16-44)32(24(2)42-23)34(35(45)46)48-36(3,4)5)27-9-10-28-22-43(14-11-26(28)19-27)21-25-17-29(38(39,40)41)20-30(18-25)47-8/h9-10,17-20,34H,11-16,21-22H2,1-8H3,(H,45,46). The van der Waals surface area contributed by atoms with Gasteiger partial charge in [0.1, 0.15) is 5.75 Å². The van der Waals surface area contributed by atoms with Crippen LogP contribution in [0.2, 0.25) is 0 Å². The van der Waals surface area contributed by atoms with Gasteiger partial charge < -0.3 is 19.5 Å². The highest BCUT2D eigenvalue weighted by atomic mass is 19.4. The molecule has 0 saturated carbocycles. The lowest BCUT2D eigenvalue weighted by Crippen LogP contribution is -2.39. The molecule has 1 unspecified atom stereocenters. The Kier molecular flexibility index (Phi) is 9.92. The van der Waals surface area contributed by atoms with E-state index in [1.807, 2.05) is 34.6 Å². The summed E-state index contributed by atoms with van der Waals surface area (Å²) < 4.78 is 52.0. The average molecular weight is 668 g/mol. The fraction of sp³-hybridized carbons (Fsp3) is 0.526. The summed E-state index contributed by atoms with van der Waals surface area (Å²) in [6, 6.07) is 10.2. The van der Waals surface area contributed by atoms with Gasteiger partial charge in [0.2, 0.25) is 0 Å². The number of ether oxygens (including phenoxy) is 2. The number of pyridine rings is 1. The number of hydrogen-bond acceptors (Lipinski definition) is 6. The first-order valence-electron chi connectivity index (χ1n) is 16.6. The van der Waals surface area contributed by atoms with Crippen LogP contribution in [-0.2, 0) is 35.2 Å². The van der Waals surface area contributed by atoms with Crippen molar-refractivity contribution in [3.63, 3.8) is 0 Å². The van der Waals surface area contributed by atoms with Gasteiger partial charge in [-0.05, 0) is 99.7 Å². The minimum absolute atomic E-state index is 0.189. The quantitative estimate of drug-likeness (QED) is 0.258. The largest absolute Gasteiger partial charge is 0.497 e. The maximum absolute atomic E-state index is 13.5. The van der Waals surface area contributed by atoms with Crippen molar-refractivity contribution in [2.24, 2.45) is 5.41 Å². The molecule has 48 heavy (non-hydrogen) atoms. The summed E-state index contributed by atoms with van der Waals surface area (Å²) in [5, 5.41) is 10.5. The molecule has 0 amide bonds. The number of nitrogens with zero attached hydrogens (tertiary/aromatic N) is 3. The Morgan fingerprint density at radius 2 is 1.69 bits per heavy atom. The van der Waals surface area contributed by atoms with Crippen LogP contribution < -0.4 is 9.64 Å². The van der Waals surface area contributed by atoms with Gasteiger partial charge in [0.05, 0.1) is 24.0 Å². The Hall–Kier alpha value is -3.63. The number of aromatic nitrogens is 1. The summed E-state index contributed by atoms with van der Waals surface area (Å²) in [7, 11) is 1.37. The fourth-order valence-electron chi connectivity index (χ4n) is 6.95. The van der Waals surface area contributed by atoms with Gasteiger partial charge in [-0.25, -0.2) is 4.79 Å². The molecule has 1 N–H and O–H groups in total. The maximum Gasteiger partial charge on any atom is 0.416 e. The molecule has 3 heterocycles. The summed E-state index contributed by atoms with van der Waals surface area (Å²) in [6.07, 6.45) is -2.97. The molecule has 260 valence electrons. The zero-order chi connectivity index (χ0) is 35.2. The highest BCUT2D eigenvalue weighted by Gasteiger charge is 2.37. The van der Waals surface area contributed by atoms with E-state index < -0.39 is 29.4 Å². The Labute approximate surface area is 282 Å². The zero-order valence-electron chi connectivity index (χ0n) is 29.3. The van der Waals surface area contributed by atoms with E-state index in [0.29, 0.717) is 36.5 Å². The van der Waals surface area contributed by atoms with Gasteiger partial charge in [-0.2, -0.15) is 13.2 Å². The second-order valence-corrected chi connectivity index (χ2v) is 15.0. The molecule has 1 aromatic heterocycles. The molecular formula is C38H48F3N3O4. The zero-order valence-corrected chi connectivity index (χ0v) is 29.3. The van der Waals surface area contributed by atoms with Crippen molar-refractivity contribution in [1.82, 2.24) is 9.88 Å². The van der Waals surface area contributed by atoms with Crippen molar-refractivity contribution in [1.29, 1.82) is 0 Å². The number of hydrogen-bond donors (Lipinski definition) is 1. The number of halogens is 3. The molecular weight excluding hydrogens is 619 g/mol. The van der Waals surface area contributed by atoms with E-state index in [9.17, 15) is 23.1 Å². The van der Waals surface area contributed by atoms with Crippen LogP contribution in [0.4, 0.5) is 18.9 Å². The molecule has 0 bridgehead atoms. The number of methoxy groups -OCH3 is 1. The molecule has 0 radical (unpaired) electrons. The van der Waals surface area contributed by atoms with E-state index in [4.69, 9.17) is 14.5 Å². The predicted octanol–water partition coefficient (Wildman–Crippen LogP) is 8.52. The minimum Gasteiger partial charge on any atom is -0.497 e. The van der Waals surface area contributed by atoms with Crippen LogP contribution in [-0.4, -0.2) is 53.3 Å². The molecule has 1 atom stereocenters. The first kappa shape index (κ1) is 35.7. The van der Waals surface area contributed by atoms with Crippen molar-refractivity contribution >= 4 is 11.7 Å². The van der Waals surface area contributed by atoms with Gasteiger partial charge in [0, 0.05) is 55.2 Å². The van der Waals surface area contributed by atoms with E-state index in [2.05, 4.69) is 41.8 Å². The van der Waals surface area contributed by atoms with E-state index in [1.165, 1.54) is 18.7 Å². The monoisotopic (exact) mass is 667 g/mol. The second-order valence-electron chi connectivity index (χ2n) is 15.0. The molecule has 2 aliphatic heterocycles. The molecule has 1 saturated heterocycles. The van der Waals surface area contributed by atoms with E-state index in [1.54, 1.807) is 6.07 Å². The smallest absolute Gasteiger partial charge is 0.416 e. The normalized spacial score (nSPS) is 17.6. The van der Waals surface area contributed by atoms with Gasteiger partial charge in [-0.3, -0.25) is 9.88 Å². The number of rotatable bonds is 8. The first-order valence-corrected chi connectivity index (χ1v) is 16.6. The number of carboxylic acid groups (broad SMARTS) is 1. The number of anilines is 1. The number of fused-ring (bicyclic) bond motifs is 1. The highest BCUT2D eigenvalue weighted by molar-refractivity contribution is 5.88. The predicted molar refractivity (Wildman–Crippen MR) is 181 cm³/mol. The van der Waals surface area contributed by atoms with Crippen molar-refractivity contribution in [2.75, 3.05) is 31.6 Å². The molecule has 2 aliphatic rings. The number of carbonyl (C=O) groups is 1. The molecule has 2 aromatic carbocycles. The number of alkyl halides is 3. The minimum atomic E-state index is -4.45. The molecule has 1 fully saturated rings. The number of benzene rings is 2. The molecule has 5 rings (SSSR count). The van der Waals surface area contributed by atoms with Gasteiger partial charge >= 0.3 is 12.1 Å². The number of aliphatic carboxylic acids is 1. The van der Waals surface area contributed by atoms with Crippen LogP contribution in [0, 0.1) is 19.3 Å². The van der Waals surface area contributed by atoms with Gasteiger partial charge in [0.25, 0.3) is 0 Å². The Bertz CT molecular complexity index is 1670. The van der Waals surface area contributed by atoms with Crippen LogP contribution in [0.1, 0.15) is 92.8 Å². The number of aryl methyl sites for hydroxylation is 2. The van der Waals surface area contributed by atoms with Gasteiger partial charge in [-0.15, -0.1) is 0 Å².